The Morgan fingerprint density at radius 1 is 0.455 bits per heavy atom. The minimum Gasteiger partial charge on any atom is -0.493 e. The molecule has 6 aliphatic rings. The number of ether oxygens (including phenoxy) is 10. The molecule has 5 aromatic heterocycles. The van der Waals surface area contributed by atoms with E-state index in [0.717, 1.165) is 85.0 Å². The SMILES string of the molecule is C=CCOC(=O)N1c2cc(OCCCC(=O)Nc3cc(C(=O)Nc4ccc(-c5cc(C(=O)Nc6cc(C)n(C)c6)n(C)c5)cc4)n(C)c3)c(OC)cc2C(=O)N2CCCC[C@H]2C1OC1CCCCO1.C=CCOC(=O)N1c2cc(OCCCC(=O)Nc3cc(C(=O)Nc4ccc(-c5cc(C(=O)O)n(C)c5)cc4)n(C)c3)c(OC)cc2C(=O)N2CCCC[C@H]2C1OC1CCCCO1.O=C=O. The third kappa shape index (κ3) is 23.3. The summed E-state index contributed by atoms with van der Waals surface area (Å²) in [5, 5.41) is 23.8. The lowest BCUT2D eigenvalue weighted by Gasteiger charge is -2.42. The molecular formula is C97H112N14O23. The minimum absolute atomic E-state index is 0.0508. The number of hydrogen-bond donors (Lipinski definition) is 6. The first-order valence-corrected chi connectivity index (χ1v) is 44.4. The number of carbonyl (C=O) groups excluding carboxylic acids is 11. The van der Waals surface area contributed by atoms with Crippen LogP contribution in [0.2, 0.25) is 0 Å². The van der Waals surface area contributed by atoms with Crippen molar-refractivity contribution >= 4 is 105 Å². The Balaban J connectivity index is 0.000000222. The van der Waals surface area contributed by atoms with Gasteiger partial charge in [-0.05, 0) is 175 Å². The summed E-state index contributed by atoms with van der Waals surface area (Å²) < 4.78 is 68.5. The summed E-state index contributed by atoms with van der Waals surface area (Å²) in [5.74, 6) is -2.02. The first kappa shape index (κ1) is 97.0. The monoisotopic (exact) mass is 1840 g/mol. The van der Waals surface area contributed by atoms with E-state index >= 15 is 0 Å². The maximum atomic E-state index is 14.3. The Labute approximate surface area is 774 Å². The fourth-order valence-corrected chi connectivity index (χ4v) is 17.1. The van der Waals surface area contributed by atoms with Gasteiger partial charge in [-0.2, -0.15) is 9.59 Å². The molecule has 4 aromatic carbocycles. The number of rotatable bonds is 31. The van der Waals surface area contributed by atoms with Gasteiger partial charge >= 0.3 is 24.3 Å². The zero-order valence-corrected chi connectivity index (χ0v) is 76.2. The Morgan fingerprint density at radius 3 is 1.22 bits per heavy atom. The van der Waals surface area contributed by atoms with Gasteiger partial charge in [-0.3, -0.25) is 33.6 Å². The molecule has 11 heterocycles. The summed E-state index contributed by atoms with van der Waals surface area (Å²) in [5.41, 5.74) is 9.28. The second-order valence-corrected chi connectivity index (χ2v) is 33.1. The molecule has 0 aliphatic carbocycles. The third-order valence-corrected chi connectivity index (χ3v) is 23.8. The van der Waals surface area contributed by atoms with E-state index in [4.69, 9.17) is 57.0 Å². The molecule has 15 rings (SSSR count). The van der Waals surface area contributed by atoms with Crippen LogP contribution in [0, 0.1) is 6.92 Å². The smallest absolute Gasteiger partial charge is 0.416 e. The van der Waals surface area contributed by atoms with E-state index in [1.54, 1.807) is 142 Å². The van der Waals surface area contributed by atoms with Gasteiger partial charge in [0.15, 0.2) is 48.0 Å². The van der Waals surface area contributed by atoms with Crippen LogP contribution in [0.15, 0.2) is 159 Å². The number of benzene rings is 4. The van der Waals surface area contributed by atoms with E-state index in [9.17, 15) is 53.1 Å². The highest BCUT2D eigenvalue weighted by molar-refractivity contribution is 6.09. The number of carboxylic acid groups (broad SMARTS) is 1. The Morgan fingerprint density at radius 2 is 0.836 bits per heavy atom. The maximum absolute atomic E-state index is 14.3. The van der Waals surface area contributed by atoms with Crippen LogP contribution in [-0.4, -0.2) is 207 Å². The molecule has 0 spiro atoms. The topological polar surface area (TPSA) is 415 Å². The van der Waals surface area contributed by atoms with Crippen LogP contribution in [0.5, 0.6) is 23.0 Å². The van der Waals surface area contributed by atoms with Crippen LogP contribution in [-0.2, 0) is 82.8 Å². The van der Waals surface area contributed by atoms with Gasteiger partial charge in [-0.25, -0.2) is 24.2 Å². The number of aromatic carboxylic acids is 1. The number of aromatic nitrogens is 5. The standard InChI is InChI=1S/C51H60N8O10.C45H52N6O11.CO2/c1-7-21-68-51(64)59-40-28-44(43(65-6)27-38(40)49(63)58-20-10-8-13-39(58)50(59)69-46-15-9-11-22-67-46)66-23-12-14-45(60)52-37-26-42(57(5)31-37)48(62)53-35-18-16-33(17-19-35)34-25-41(56(4)29-34)47(61)54-36-24-32(2)55(3)30-36;1-5-19-61-45(57)51-34-25-38(37(58-4)24-32(34)42(54)50-18-8-6-11-33(50)43(51)62-40-13-7-9-20-60-40)59-21-10-12-39(52)46-31-23-35(49(3)27-31)41(53)47-30-16-14-28(15-17-30)29-22-36(44(55)56)48(2)26-29;2-1-3/h7,16-19,24-31,39,46,50H,1,8-15,20-23H2,2-6H3,(H,52,60)(H,53,62)(H,54,61);5,14-17,22-27,33,40,43H,1,6-13,18-21H2,2-4H3,(H,46,52)(H,47,53)(H,55,56);/t39-,46?,50?;33-,40?,43?;/m00./s1. The lowest BCUT2D eigenvalue weighted by Crippen LogP contribution is -2.57. The van der Waals surface area contributed by atoms with Gasteiger partial charge in [0.2, 0.25) is 11.8 Å². The number of nitrogens with zero attached hydrogens (tertiary/aromatic N) is 9. The normalized spacial score (nSPS) is 17.8. The van der Waals surface area contributed by atoms with Gasteiger partial charge in [0.25, 0.3) is 29.5 Å². The predicted molar refractivity (Wildman–Crippen MR) is 494 cm³/mol. The van der Waals surface area contributed by atoms with Crippen LogP contribution in [0.1, 0.15) is 171 Å². The highest BCUT2D eigenvalue weighted by Crippen LogP contribution is 2.46. The summed E-state index contributed by atoms with van der Waals surface area (Å²) in [6.07, 6.45) is 17.9. The zero-order valence-electron chi connectivity index (χ0n) is 76.2. The highest BCUT2D eigenvalue weighted by Gasteiger charge is 2.49. The summed E-state index contributed by atoms with van der Waals surface area (Å²) in [7, 11) is 11.8. The number of hydrogen-bond acceptors (Lipinski definition) is 22. The number of carboxylic acids is 1. The molecule has 37 nitrogen and oxygen atoms in total. The number of anilines is 7. The van der Waals surface area contributed by atoms with Crippen LogP contribution in [0.3, 0.4) is 0 Å². The molecule has 0 bridgehead atoms. The number of piperidine rings is 2. The largest absolute Gasteiger partial charge is 0.493 e. The third-order valence-electron chi connectivity index (χ3n) is 23.8. The number of nitrogens with one attached hydrogen (secondary N) is 5. The van der Waals surface area contributed by atoms with Crippen molar-refractivity contribution < 1.29 is 110 Å². The molecule has 6 N–H and O–H groups in total. The molecule has 708 valence electrons. The molecule has 4 unspecified atom stereocenters. The van der Waals surface area contributed by atoms with Gasteiger partial charge in [0, 0.05) is 146 Å². The second kappa shape index (κ2) is 45.1. The lowest BCUT2D eigenvalue weighted by molar-refractivity contribution is -0.199. The summed E-state index contributed by atoms with van der Waals surface area (Å²) in [4.78, 5) is 156. The fourth-order valence-electron chi connectivity index (χ4n) is 17.1. The van der Waals surface area contributed by atoms with Gasteiger partial charge in [0.1, 0.15) is 36.0 Å². The molecule has 134 heavy (non-hydrogen) atoms. The van der Waals surface area contributed by atoms with Crippen molar-refractivity contribution in [3.8, 4) is 45.3 Å². The average Bonchev–Trinajstić information content (AvgIpc) is 1.60. The van der Waals surface area contributed by atoms with Crippen molar-refractivity contribution in [2.24, 2.45) is 35.2 Å². The molecule has 9 aromatic rings. The molecule has 4 saturated heterocycles. The van der Waals surface area contributed by atoms with E-state index in [1.165, 1.54) is 40.7 Å². The minimum atomic E-state index is -1.02. The first-order chi connectivity index (χ1) is 64.7. The second-order valence-electron chi connectivity index (χ2n) is 33.1. The van der Waals surface area contributed by atoms with Gasteiger partial charge in [-0.1, -0.05) is 49.6 Å². The van der Waals surface area contributed by atoms with Crippen LogP contribution < -0.4 is 55.3 Å². The fraction of sp³-hybridized carbons (Fsp3) is 0.392. The predicted octanol–water partition coefficient (Wildman–Crippen LogP) is 14.2. The van der Waals surface area contributed by atoms with Crippen molar-refractivity contribution in [3.63, 3.8) is 0 Å². The lowest BCUT2D eigenvalue weighted by atomic mass is 10.00. The van der Waals surface area contributed by atoms with Crippen molar-refractivity contribution in [1.29, 1.82) is 0 Å². The number of amides is 9. The first-order valence-electron chi connectivity index (χ1n) is 44.4. The van der Waals surface area contributed by atoms with Crippen molar-refractivity contribution in [2.45, 2.75) is 147 Å². The van der Waals surface area contributed by atoms with E-state index in [2.05, 4.69) is 39.7 Å². The van der Waals surface area contributed by atoms with Crippen LogP contribution >= 0.6 is 0 Å². The quantitative estimate of drug-likeness (QED) is 0.0174. The molecule has 6 aliphatic heterocycles. The summed E-state index contributed by atoms with van der Waals surface area (Å²) in [6.45, 7) is 11.5. The van der Waals surface area contributed by atoms with Crippen LogP contribution in [0.4, 0.5) is 49.4 Å². The Bertz CT molecular complexity index is 5810. The molecule has 37 heteroatoms. The van der Waals surface area contributed by atoms with E-state index < -0.39 is 55.3 Å². The molecule has 4 fully saturated rings. The zero-order chi connectivity index (χ0) is 95.4. The van der Waals surface area contributed by atoms with Gasteiger partial charge in [-0.15, -0.1) is 0 Å². The molecule has 0 radical (unpaired) electrons. The van der Waals surface area contributed by atoms with Crippen LogP contribution in [0.25, 0.3) is 22.3 Å². The molecule has 6 atom stereocenters. The summed E-state index contributed by atoms with van der Waals surface area (Å²) in [6, 6.07) is 28.3. The van der Waals surface area contributed by atoms with Gasteiger partial charge in [0.05, 0.1) is 79.1 Å². The van der Waals surface area contributed by atoms with Crippen molar-refractivity contribution in [2.75, 3.05) is 103 Å². The van der Waals surface area contributed by atoms with Crippen molar-refractivity contribution in [3.05, 3.63) is 199 Å². The molecule has 0 saturated carbocycles. The average molecular weight is 1840 g/mol. The van der Waals surface area contributed by atoms with E-state index in [0.29, 0.717) is 105 Å². The van der Waals surface area contributed by atoms with Crippen molar-refractivity contribution in [1.82, 2.24) is 32.6 Å². The molecule has 9 amide bonds. The maximum Gasteiger partial charge on any atom is 0.416 e. The molecular weight excluding hydrogens is 1730 g/mol. The number of methoxy groups -OCH3 is 2. The van der Waals surface area contributed by atoms with E-state index in [-0.39, 0.29) is 138 Å². The number of carbonyl (C=O) groups is 10. The number of fused-ring (bicyclic) bond motifs is 4. The summed E-state index contributed by atoms with van der Waals surface area (Å²) >= 11 is 0. The Kier molecular flexibility index (Phi) is 32.6. The Hall–Kier alpha value is -14.5. The highest BCUT2D eigenvalue weighted by atomic mass is 16.7. The number of aryl methyl sites for hydroxylation is 6. The van der Waals surface area contributed by atoms with E-state index in [1.807, 2.05) is 62.2 Å². The van der Waals surface area contributed by atoms with Gasteiger partial charge < -0.3 is 112 Å².